The van der Waals surface area contributed by atoms with Crippen LogP contribution in [0.15, 0.2) is 134 Å². The first-order valence-electron chi connectivity index (χ1n) is 18.9. The Morgan fingerprint density at radius 2 is 1.33 bits per heavy atom. The number of carbonyl (C=O) groups excluding carboxylic acids is 2. The van der Waals surface area contributed by atoms with Crippen LogP contribution in [0.25, 0.3) is 21.8 Å². The predicted molar refractivity (Wildman–Crippen MR) is 226 cm³/mol. The summed E-state index contributed by atoms with van der Waals surface area (Å²) in [6.07, 6.45) is 4.76. The van der Waals surface area contributed by atoms with Crippen LogP contribution in [0.5, 0.6) is 11.5 Å². The summed E-state index contributed by atoms with van der Waals surface area (Å²) in [5.41, 5.74) is 7.53. The highest BCUT2D eigenvalue weighted by molar-refractivity contribution is 6.13. The van der Waals surface area contributed by atoms with E-state index in [-0.39, 0.29) is 23.4 Å². The van der Waals surface area contributed by atoms with Gasteiger partial charge in [-0.15, -0.1) is 0 Å². The van der Waals surface area contributed by atoms with Gasteiger partial charge in [-0.25, -0.2) is 4.79 Å². The van der Waals surface area contributed by atoms with Gasteiger partial charge < -0.3 is 25.2 Å². The van der Waals surface area contributed by atoms with Gasteiger partial charge in [0, 0.05) is 48.0 Å². The van der Waals surface area contributed by atoms with Crippen LogP contribution in [0.3, 0.4) is 0 Å². The monoisotopic (exact) mass is 773 g/mol. The molecule has 0 saturated heterocycles. The number of fused-ring (bicyclic) bond motifs is 3. The Kier molecular flexibility index (Phi) is 12.0. The second-order valence-corrected chi connectivity index (χ2v) is 13.9. The predicted octanol–water partition coefficient (Wildman–Crippen LogP) is 8.85. The molecule has 58 heavy (non-hydrogen) atoms. The summed E-state index contributed by atoms with van der Waals surface area (Å²) in [5.74, 6) is -0.0460. The topological polar surface area (TPSA) is 143 Å². The maximum absolute atomic E-state index is 13.3. The maximum Gasteiger partial charge on any atom is 0.337 e. The lowest BCUT2D eigenvalue weighted by Gasteiger charge is -2.35. The number of pyridine rings is 2. The highest BCUT2D eigenvalue weighted by Gasteiger charge is 2.26. The largest absolute Gasteiger partial charge is 0.493 e. The van der Waals surface area contributed by atoms with Crippen LogP contribution in [-0.4, -0.2) is 65.1 Å². The standard InChI is InChI=1S/C37H36N4O4.C10H7NO2/c1-24-31-22-35(45-3)34(44-2)21-26(31)17-19-41(24)18-16-25-12-14-29(15-13-25)39-37(43)30-9-5-7-11-33(30)40-36(42)28-20-27-8-4-6-10-32(27)38-23-28;12-10(13)8-5-7-3-1-2-4-9(7)11-6-8/h4-15,20-24H,16-19H2,1-3H3,(H,39,43)(H,40,42);1-6H,(H,12,13). The van der Waals surface area contributed by atoms with Crippen molar-refractivity contribution in [3.8, 4) is 11.5 Å². The van der Waals surface area contributed by atoms with Crippen molar-refractivity contribution < 1.29 is 29.0 Å². The number of hydrogen-bond acceptors (Lipinski definition) is 8. The SMILES string of the molecule is COc1cc2c(cc1OC)C(C)N(CCc1ccc(NC(=O)c3ccccc3NC(=O)c3cnc4ccccc4c3)cc1)CC2.O=C(O)c1cnc2ccccc2c1. The molecule has 0 saturated carbocycles. The van der Waals surface area contributed by atoms with E-state index in [4.69, 9.17) is 14.6 Å². The number of ether oxygens (including phenoxy) is 2. The quantitative estimate of drug-likeness (QED) is 0.124. The molecule has 3 N–H and O–H groups in total. The third kappa shape index (κ3) is 8.96. The molecular weight excluding hydrogens is 731 g/mol. The van der Waals surface area contributed by atoms with Gasteiger partial charge >= 0.3 is 5.97 Å². The van der Waals surface area contributed by atoms with E-state index in [2.05, 4.69) is 44.6 Å². The summed E-state index contributed by atoms with van der Waals surface area (Å²) in [6, 6.07) is 37.8. The van der Waals surface area contributed by atoms with E-state index in [1.54, 1.807) is 56.8 Å². The number of aromatic nitrogens is 2. The van der Waals surface area contributed by atoms with Crippen LogP contribution < -0.4 is 20.1 Å². The lowest BCUT2D eigenvalue weighted by molar-refractivity contribution is 0.0696. The smallest absolute Gasteiger partial charge is 0.337 e. The fourth-order valence-electron chi connectivity index (χ4n) is 7.10. The van der Waals surface area contributed by atoms with Crippen LogP contribution in [0, 0.1) is 0 Å². The van der Waals surface area contributed by atoms with Crippen molar-refractivity contribution in [3.05, 3.63) is 167 Å². The highest BCUT2D eigenvalue weighted by Crippen LogP contribution is 2.38. The Morgan fingerprint density at radius 1 is 0.724 bits per heavy atom. The van der Waals surface area contributed by atoms with Crippen LogP contribution in [0.4, 0.5) is 11.4 Å². The molecular formula is C47H43N5O6. The van der Waals surface area contributed by atoms with Crippen molar-refractivity contribution in [1.29, 1.82) is 0 Å². The van der Waals surface area contributed by atoms with Crippen LogP contribution >= 0.6 is 0 Å². The first-order valence-corrected chi connectivity index (χ1v) is 18.9. The minimum absolute atomic E-state index is 0.221. The van der Waals surface area contributed by atoms with E-state index in [1.165, 1.54) is 22.9 Å². The lowest BCUT2D eigenvalue weighted by atomic mass is 9.92. The molecule has 1 unspecified atom stereocenters. The fourth-order valence-corrected chi connectivity index (χ4v) is 7.10. The molecule has 1 atom stereocenters. The van der Waals surface area contributed by atoms with E-state index in [0.717, 1.165) is 59.2 Å². The molecule has 0 radical (unpaired) electrons. The van der Waals surface area contributed by atoms with Crippen LogP contribution in [0.1, 0.15) is 60.7 Å². The van der Waals surface area contributed by atoms with Gasteiger partial charge in [-0.2, -0.15) is 0 Å². The number of aromatic carboxylic acids is 1. The number of methoxy groups -OCH3 is 2. The molecule has 0 fully saturated rings. The van der Waals surface area contributed by atoms with E-state index >= 15 is 0 Å². The summed E-state index contributed by atoms with van der Waals surface area (Å²) >= 11 is 0. The third-order valence-corrected chi connectivity index (χ3v) is 10.3. The number of carboxylic acid groups (broad SMARTS) is 1. The van der Waals surface area contributed by atoms with E-state index in [0.29, 0.717) is 22.5 Å². The molecule has 8 rings (SSSR count). The number of carboxylic acids is 1. The van der Waals surface area contributed by atoms with E-state index in [9.17, 15) is 14.4 Å². The second-order valence-electron chi connectivity index (χ2n) is 13.9. The van der Waals surface area contributed by atoms with Crippen LogP contribution in [-0.2, 0) is 12.8 Å². The normalized spacial score (nSPS) is 13.5. The van der Waals surface area contributed by atoms with Gasteiger partial charge in [0.1, 0.15) is 0 Å². The average Bonchev–Trinajstić information content (AvgIpc) is 3.26. The van der Waals surface area contributed by atoms with Gasteiger partial charge in [0.25, 0.3) is 11.8 Å². The molecule has 0 bridgehead atoms. The highest BCUT2D eigenvalue weighted by atomic mass is 16.5. The minimum Gasteiger partial charge on any atom is -0.493 e. The van der Waals surface area contributed by atoms with Crippen molar-refractivity contribution in [2.24, 2.45) is 0 Å². The van der Waals surface area contributed by atoms with Gasteiger partial charge in [0.15, 0.2) is 11.5 Å². The van der Waals surface area contributed by atoms with Gasteiger partial charge in [-0.1, -0.05) is 60.7 Å². The molecule has 0 aliphatic carbocycles. The molecule has 5 aromatic carbocycles. The summed E-state index contributed by atoms with van der Waals surface area (Å²) in [4.78, 5) is 47.8. The summed E-state index contributed by atoms with van der Waals surface area (Å²) in [5, 5.41) is 16.3. The third-order valence-electron chi connectivity index (χ3n) is 10.3. The number of benzene rings is 5. The molecule has 2 amide bonds. The van der Waals surface area contributed by atoms with E-state index < -0.39 is 5.97 Å². The van der Waals surface area contributed by atoms with E-state index in [1.807, 2.05) is 72.8 Å². The summed E-state index contributed by atoms with van der Waals surface area (Å²) < 4.78 is 11.0. The fraction of sp³-hybridized carbons (Fsp3) is 0.170. The maximum atomic E-state index is 13.3. The van der Waals surface area contributed by atoms with Crippen molar-refractivity contribution >= 4 is 51.0 Å². The zero-order valence-electron chi connectivity index (χ0n) is 32.4. The molecule has 3 heterocycles. The lowest BCUT2D eigenvalue weighted by Crippen LogP contribution is -2.35. The van der Waals surface area contributed by atoms with Crippen molar-refractivity contribution in [3.63, 3.8) is 0 Å². The number of para-hydroxylation sites is 3. The van der Waals surface area contributed by atoms with Crippen molar-refractivity contribution in [1.82, 2.24) is 14.9 Å². The second kappa shape index (κ2) is 17.8. The molecule has 7 aromatic rings. The number of hydrogen-bond donors (Lipinski definition) is 3. The molecule has 292 valence electrons. The van der Waals surface area contributed by atoms with Gasteiger partial charge in [0.2, 0.25) is 0 Å². The number of rotatable bonds is 10. The number of carbonyl (C=O) groups is 3. The molecule has 11 heteroatoms. The first-order chi connectivity index (χ1) is 28.2. The first kappa shape index (κ1) is 39.1. The number of nitrogens with one attached hydrogen (secondary N) is 2. The molecule has 2 aromatic heterocycles. The zero-order chi connectivity index (χ0) is 40.6. The Labute approximate surface area is 336 Å². The number of nitrogens with zero attached hydrogens (tertiary/aromatic N) is 3. The van der Waals surface area contributed by atoms with Gasteiger partial charge in [0.05, 0.1) is 47.6 Å². The number of anilines is 2. The number of amides is 2. The molecule has 0 spiro atoms. The van der Waals surface area contributed by atoms with Gasteiger partial charge in [-0.05, 0) is 97.1 Å². The summed E-state index contributed by atoms with van der Waals surface area (Å²) in [7, 11) is 3.34. The minimum atomic E-state index is -0.946. The Hall–Kier alpha value is -7.11. The Balaban J connectivity index is 0.000000333. The Bertz CT molecular complexity index is 2610. The van der Waals surface area contributed by atoms with Crippen molar-refractivity contribution in [2.45, 2.75) is 25.8 Å². The van der Waals surface area contributed by atoms with Crippen LogP contribution in [0.2, 0.25) is 0 Å². The summed E-state index contributed by atoms with van der Waals surface area (Å²) in [6.45, 7) is 4.13. The Morgan fingerprint density at radius 3 is 2.00 bits per heavy atom. The molecule has 11 nitrogen and oxygen atoms in total. The zero-order valence-corrected chi connectivity index (χ0v) is 32.4. The molecule has 1 aliphatic rings. The van der Waals surface area contributed by atoms with Crippen molar-refractivity contribution in [2.75, 3.05) is 37.9 Å². The van der Waals surface area contributed by atoms with Gasteiger partial charge in [-0.3, -0.25) is 24.5 Å². The average molecular weight is 774 g/mol. The molecule has 1 aliphatic heterocycles.